The van der Waals surface area contributed by atoms with E-state index in [0.29, 0.717) is 10.6 Å². The molecule has 4 heteroatoms. The number of nitrogens with zero attached hydrogens (tertiary/aromatic N) is 1. The fourth-order valence-electron chi connectivity index (χ4n) is 2.55. The third kappa shape index (κ3) is 2.28. The number of amides is 1. The summed E-state index contributed by atoms with van der Waals surface area (Å²) in [5, 5.41) is 2.76. The Balaban J connectivity index is 1.87. The molecule has 1 aromatic heterocycles. The van der Waals surface area contributed by atoms with Crippen molar-refractivity contribution in [3.8, 4) is 0 Å². The number of hydrogen-bond acceptors (Lipinski definition) is 2. The smallest absolute Gasteiger partial charge is 0.254 e. The van der Waals surface area contributed by atoms with E-state index in [4.69, 9.17) is 11.6 Å². The van der Waals surface area contributed by atoms with Crippen LogP contribution in [-0.4, -0.2) is 17.4 Å². The summed E-state index contributed by atoms with van der Waals surface area (Å²) in [7, 11) is 0. The van der Waals surface area contributed by atoms with Crippen LogP contribution in [0.25, 0.3) is 0 Å². The molecule has 1 aromatic carbocycles. The average Bonchev–Trinajstić information content (AvgIpc) is 2.88. The highest BCUT2D eigenvalue weighted by atomic mass is 35.5. The molecule has 2 nitrogen and oxygen atoms in total. The van der Waals surface area contributed by atoms with Crippen LogP contribution in [0.1, 0.15) is 33.8 Å². The molecule has 0 unspecified atom stereocenters. The van der Waals surface area contributed by atoms with E-state index in [1.54, 1.807) is 35.6 Å². The maximum atomic E-state index is 12.5. The molecule has 0 radical (unpaired) electrons. The molecule has 0 bridgehead atoms. The average molecular weight is 292 g/mol. The van der Waals surface area contributed by atoms with Gasteiger partial charge in [-0.2, -0.15) is 0 Å². The third-order valence-electron chi connectivity index (χ3n) is 3.63. The first-order valence-corrected chi connectivity index (χ1v) is 7.55. The Kier molecular flexibility index (Phi) is 3.33. The highest BCUT2D eigenvalue weighted by Crippen LogP contribution is 2.33. The van der Waals surface area contributed by atoms with Crippen LogP contribution in [0.3, 0.4) is 0 Å². The number of carbonyl (C=O) groups is 1. The van der Waals surface area contributed by atoms with Gasteiger partial charge in [0, 0.05) is 22.0 Å². The lowest BCUT2D eigenvalue weighted by molar-refractivity contribution is 0.0679. The van der Waals surface area contributed by atoms with Crippen molar-refractivity contribution in [1.82, 2.24) is 4.90 Å². The summed E-state index contributed by atoms with van der Waals surface area (Å²) in [5.74, 6) is 0.0843. The fourth-order valence-corrected chi connectivity index (χ4v) is 3.63. The first-order valence-electron chi connectivity index (χ1n) is 6.29. The van der Waals surface area contributed by atoms with Gasteiger partial charge >= 0.3 is 0 Å². The summed E-state index contributed by atoms with van der Waals surface area (Å²) in [4.78, 5) is 15.9. The van der Waals surface area contributed by atoms with Gasteiger partial charge in [0.25, 0.3) is 5.91 Å². The molecule has 1 aliphatic rings. The topological polar surface area (TPSA) is 20.3 Å². The van der Waals surface area contributed by atoms with Crippen LogP contribution >= 0.6 is 22.9 Å². The second kappa shape index (κ2) is 4.99. The number of carbonyl (C=O) groups excluding carboxylic acids is 1. The number of fused-ring (bicyclic) bond motifs is 1. The van der Waals surface area contributed by atoms with Crippen LogP contribution in [0.15, 0.2) is 35.7 Å². The van der Waals surface area contributed by atoms with Gasteiger partial charge in [-0.25, -0.2) is 0 Å². The van der Waals surface area contributed by atoms with Crippen LogP contribution in [-0.2, 0) is 6.42 Å². The maximum absolute atomic E-state index is 12.5. The first kappa shape index (κ1) is 12.7. The van der Waals surface area contributed by atoms with Crippen molar-refractivity contribution >= 4 is 28.8 Å². The molecule has 98 valence electrons. The van der Waals surface area contributed by atoms with E-state index < -0.39 is 0 Å². The van der Waals surface area contributed by atoms with Crippen LogP contribution < -0.4 is 0 Å². The van der Waals surface area contributed by atoms with Crippen LogP contribution in [0.4, 0.5) is 0 Å². The fraction of sp³-hybridized carbons (Fsp3) is 0.267. The second-order valence-corrected chi connectivity index (χ2v) is 6.17. The highest BCUT2D eigenvalue weighted by Gasteiger charge is 2.28. The lowest BCUT2D eigenvalue weighted by atomic mass is 10.0. The monoisotopic (exact) mass is 291 g/mol. The van der Waals surface area contributed by atoms with E-state index in [1.165, 1.54) is 10.4 Å². The zero-order chi connectivity index (χ0) is 13.4. The van der Waals surface area contributed by atoms with Crippen LogP contribution in [0.2, 0.25) is 5.02 Å². The minimum atomic E-state index is 0.0843. The van der Waals surface area contributed by atoms with E-state index >= 15 is 0 Å². The normalized spacial score (nSPS) is 18.2. The molecule has 2 aromatic rings. The molecule has 0 saturated heterocycles. The summed E-state index contributed by atoms with van der Waals surface area (Å²) in [6.45, 7) is 2.88. The van der Waals surface area contributed by atoms with Crippen LogP contribution in [0.5, 0.6) is 0 Å². The van der Waals surface area contributed by atoms with Crippen molar-refractivity contribution in [3.05, 3.63) is 56.7 Å². The number of hydrogen-bond donors (Lipinski definition) is 0. The van der Waals surface area contributed by atoms with Crippen molar-refractivity contribution in [3.63, 3.8) is 0 Å². The zero-order valence-corrected chi connectivity index (χ0v) is 12.2. The molecular weight excluding hydrogens is 278 g/mol. The molecule has 0 N–H and O–H groups in total. The Labute approximate surface area is 121 Å². The minimum absolute atomic E-state index is 0.0843. The minimum Gasteiger partial charge on any atom is -0.331 e. The van der Waals surface area contributed by atoms with E-state index in [0.717, 1.165) is 13.0 Å². The Morgan fingerprint density at radius 3 is 2.79 bits per heavy atom. The van der Waals surface area contributed by atoms with E-state index in [2.05, 4.69) is 18.4 Å². The number of benzene rings is 1. The molecule has 2 heterocycles. The van der Waals surface area contributed by atoms with Gasteiger partial charge in [0.05, 0.1) is 6.04 Å². The predicted molar refractivity (Wildman–Crippen MR) is 78.9 cm³/mol. The molecular formula is C15H14ClNOS. The quantitative estimate of drug-likeness (QED) is 0.772. The van der Waals surface area contributed by atoms with Gasteiger partial charge in [0.1, 0.15) is 0 Å². The van der Waals surface area contributed by atoms with Gasteiger partial charge in [0.2, 0.25) is 0 Å². The third-order valence-corrected chi connectivity index (χ3v) is 4.88. The standard InChI is InChI=1S/C15H14ClNOS/c1-10-13-7-9-19-14(13)6-8-17(10)15(18)11-2-4-12(16)5-3-11/h2-5,7,9-10H,6,8H2,1H3/t10-/m1/s1. The van der Waals surface area contributed by atoms with Crippen molar-refractivity contribution in [2.45, 2.75) is 19.4 Å². The number of rotatable bonds is 1. The maximum Gasteiger partial charge on any atom is 0.254 e. The molecule has 0 fully saturated rings. The van der Waals surface area contributed by atoms with Crippen molar-refractivity contribution in [1.29, 1.82) is 0 Å². The molecule has 1 atom stereocenters. The SMILES string of the molecule is C[C@@H]1c2ccsc2CCN1C(=O)c1ccc(Cl)cc1. The molecule has 3 rings (SSSR count). The lowest BCUT2D eigenvalue weighted by Gasteiger charge is -2.33. The summed E-state index contributed by atoms with van der Waals surface area (Å²) >= 11 is 7.64. The lowest BCUT2D eigenvalue weighted by Crippen LogP contribution is -2.38. The molecule has 0 spiro atoms. The number of halogens is 1. The Hall–Kier alpha value is -1.32. The zero-order valence-electron chi connectivity index (χ0n) is 10.6. The van der Waals surface area contributed by atoms with Gasteiger partial charge in [-0.05, 0) is 54.6 Å². The van der Waals surface area contributed by atoms with Gasteiger partial charge in [0.15, 0.2) is 0 Å². The van der Waals surface area contributed by atoms with Crippen molar-refractivity contribution < 1.29 is 4.79 Å². The Bertz CT molecular complexity index is 605. The Morgan fingerprint density at radius 2 is 2.05 bits per heavy atom. The molecule has 1 amide bonds. The summed E-state index contributed by atoms with van der Waals surface area (Å²) in [5.41, 5.74) is 1.99. The first-order chi connectivity index (χ1) is 9.16. The van der Waals surface area contributed by atoms with Gasteiger partial charge in [-0.3, -0.25) is 4.79 Å². The largest absolute Gasteiger partial charge is 0.331 e. The number of thiophene rings is 1. The van der Waals surface area contributed by atoms with Gasteiger partial charge in [-0.1, -0.05) is 11.6 Å². The summed E-state index contributed by atoms with van der Waals surface area (Å²) < 4.78 is 0. The van der Waals surface area contributed by atoms with Crippen molar-refractivity contribution in [2.24, 2.45) is 0 Å². The van der Waals surface area contributed by atoms with Crippen LogP contribution in [0, 0.1) is 0 Å². The van der Waals surface area contributed by atoms with E-state index in [1.807, 2.05) is 4.90 Å². The molecule has 0 aliphatic carbocycles. The van der Waals surface area contributed by atoms with Crippen molar-refractivity contribution in [2.75, 3.05) is 6.54 Å². The van der Waals surface area contributed by atoms with E-state index in [-0.39, 0.29) is 11.9 Å². The second-order valence-electron chi connectivity index (χ2n) is 4.73. The predicted octanol–water partition coefficient (Wildman–Crippen LogP) is 4.16. The van der Waals surface area contributed by atoms with E-state index in [9.17, 15) is 4.79 Å². The highest BCUT2D eigenvalue weighted by molar-refractivity contribution is 7.10. The molecule has 0 saturated carbocycles. The van der Waals surface area contributed by atoms with Gasteiger partial charge in [-0.15, -0.1) is 11.3 Å². The Morgan fingerprint density at radius 1 is 1.32 bits per heavy atom. The molecule has 19 heavy (non-hydrogen) atoms. The van der Waals surface area contributed by atoms with Gasteiger partial charge < -0.3 is 4.90 Å². The molecule has 1 aliphatic heterocycles. The summed E-state index contributed by atoms with van der Waals surface area (Å²) in [6, 6.07) is 9.39. The summed E-state index contributed by atoms with van der Waals surface area (Å²) in [6.07, 6.45) is 0.955.